The zero-order chi connectivity index (χ0) is 10.7. The van der Waals surface area contributed by atoms with Gasteiger partial charge in [0.15, 0.2) is 0 Å². The Bertz CT molecular complexity index is 435. The van der Waals surface area contributed by atoms with Gasteiger partial charge in [-0.1, -0.05) is 5.21 Å². The maximum atomic E-state index is 8.74. The van der Waals surface area contributed by atoms with Crippen LogP contribution in [0.2, 0.25) is 0 Å². The van der Waals surface area contributed by atoms with Crippen molar-refractivity contribution in [3.8, 4) is 5.69 Å². The number of aliphatic hydroxyl groups excluding tert-OH is 1. The second-order valence-electron chi connectivity index (χ2n) is 3.22. The minimum atomic E-state index is 0.0838. The van der Waals surface area contributed by atoms with Crippen molar-refractivity contribution in [1.29, 1.82) is 0 Å². The molecule has 1 heterocycles. The molecule has 78 valence electrons. The molecule has 0 saturated carbocycles. The van der Waals surface area contributed by atoms with Gasteiger partial charge in [0.05, 0.1) is 17.6 Å². The summed E-state index contributed by atoms with van der Waals surface area (Å²) in [5, 5.41) is 16.6. The van der Waals surface area contributed by atoms with Gasteiger partial charge in [0.2, 0.25) is 0 Å². The van der Waals surface area contributed by atoms with E-state index in [0.29, 0.717) is 6.42 Å². The van der Waals surface area contributed by atoms with Crippen molar-refractivity contribution >= 4 is 5.69 Å². The Labute approximate surface area is 87.1 Å². The monoisotopic (exact) mass is 204 g/mol. The molecule has 1 aromatic heterocycles. The van der Waals surface area contributed by atoms with Crippen LogP contribution in [-0.2, 0) is 6.42 Å². The molecule has 1 aromatic carbocycles. The molecule has 0 fully saturated rings. The standard InChI is InChI=1S/C10H12N4O/c11-8-1-3-10(4-2-8)14-7-9(5-6-15)12-13-14/h1-4,7,15H,5-6,11H2. The summed E-state index contributed by atoms with van der Waals surface area (Å²) in [5.74, 6) is 0. The predicted octanol–water partition coefficient (Wildman–Crippen LogP) is 0.384. The second kappa shape index (κ2) is 4.10. The number of nitrogen functional groups attached to an aromatic ring is 1. The van der Waals surface area contributed by atoms with Gasteiger partial charge in [-0.2, -0.15) is 0 Å². The van der Waals surface area contributed by atoms with Crippen LogP contribution in [0.3, 0.4) is 0 Å². The van der Waals surface area contributed by atoms with Crippen LogP contribution < -0.4 is 5.73 Å². The summed E-state index contributed by atoms with van der Waals surface area (Å²) < 4.78 is 1.66. The summed E-state index contributed by atoms with van der Waals surface area (Å²) in [6, 6.07) is 7.35. The Kier molecular flexibility index (Phi) is 2.64. The van der Waals surface area contributed by atoms with Crippen LogP contribution in [0.5, 0.6) is 0 Å². The average molecular weight is 204 g/mol. The van der Waals surface area contributed by atoms with Gasteiger partial charge >= 0.3 is 0 Å². The van der Waals surface area contributed by atoms with Crippen molar-refractivity contribution in [2.75, 3.05) is 12.3 Å². The molecule has 2 aromatic rings. The van der Waals surface area contributed by atoms with Crippen molar-refractivity contribution in [3.05, 3.63) is 36.2 Å². The molecule has 0 atom stereocenters. The van der Waals surface area contributed by atoms with Gasteiger partial charge in [0, 0.05) is 18.7 Å². The average Bonchev–Trinajstić information content (AvgIpc) is 2.68. The number of hydrogen-bond donors (Lipinski definition) is 2. The Morgan fingerprint density at radius 3 is 2.67 bits per heavy atom. The highest BCUT2D eigenvalue weighted by atomic mass is 16.3. The summed E-state index contributed by atoms with van der Waals surface area (Å²) in [4.78, 5) is 0. The molecule has 3 N–H and O–H groups in total. The van der Waals surface area contributed by atoms with E-state index in [0.717, 1.165) is 17.1 Å². The van der Waals surface area contributed by atoms with E-state index >= 15 is 0 Å². The molecule has 5 nitrogen and oxygen atoms in total. The maximum absolute atomic E-state index is 8.74. The summed E-state index contributed by atoms with van der Waals surface area (Å²) in [7, 11) is 0. The van der Waals surface area contributed by atoms with E-state index in [1.807, 2.05) is 24.3 Å². The van der Waals surface area contributed by atoms with E-state index in [-0.39, 0.29) is 6.61 Å². The molecule has 0 aliphatic heterocycles. The highest BCUT2D eigenvalue weighted by molar-refractivity contribution is 5.44. The molecule has 0 radical (unpaired) electrons. The van der Waals surface area contributed by atoms with Crippen molar-refractivity contribution in [3.63, 3.8) is 0 Å². The van der Waals surface area contributed by atoms with E-state index in [4.69, 9.17) is 10.8 Å². The number of aromatic nitrogens is 3. The first kappa shape index (κ1) is 9.67. The number of benzene rings is 1. The van der Waals surface area contributed by atoms with E-state index in [1.54, 1.807) is 10.9 Å². The lowest BCUT2D eigenvalue weighted by Crippen LogP contribution is -1.95. The van der Waals surface area contributed by atoms with Gasteiger partial charge < -0.3 is 10.8 Å². The second-order valence-corrected chi connectivity index (χ2v) is 3.22. The molecule has 0 spiro atoms. The summed E-state index contributed by atoms with van der Waals surface area (Å²) in [5.41, 5.74) is 7.97. The topological polar surface area (TPSA) is 77.0 Å². The zero-order valence-electron chi connectivity index (χ0n) is 8.17. The van der Waals surface area contributed by atoms with Crippen LogP contribution >= 0.6 is 0 Å². The van der Waals surface area contributed by atoms with Crippen molar-refractivity contribution in [2.45, 2.75) is 6.42 Å². The summed E-state index contributed by atoms with van der Waals surface area (Å²) in [6.07, 6.45) is 2.32. The first-order valence-electron chi connectivity index (χ1n) is 4.67. The van der Waals surface area contributed by atoms with Crippen molar-refractivity contribution in [2.24, 2.45) is 0 Å². The summed E-state index contributed by atoms with van der Waals surface area (Å²) in [6.45, 7) is 0.0838. The normalized spacial score (nSPS) is 10.5. The van der Waals surface area contributed by atoms with Gasteiger partial charge in [-0.25, -0.2) is 4.68 Å². The third-order valence-corrected chi connectivity index (χ3v) is 2.07. The van der Waals surface area contributed by atoms with Crippen molar-refractivity contribution < 1.29 is 5.11 Å². The maximum Gasteiger partial charge on any atom is 0.0854 e. The third kappa shape index (κ3) is 2.13. The molecule has 0 unspecified atom stereocenters. The number of rotatable bonds is 3. The molecular weight excluding hydrogens is 192 g/mol. The molecule has 0 amide bonds. The molecule has 0 saturated heterocycles. The molecule has 0 aliphatic carbocycles. The molecule has 2 rings (SSSR count). The number of nitrogens with two attached hydrogens (primary N) is 1. The van der Waals surface area contributed by atoms with Gasteiger partial charge in [-0.05, 0) is 24.3 Å². The minimum absolute atomic E-state index is 0.0838. The third-order valence-electron chi connectivity index (χ3n) is 2.07. The Morgan fingerprint density at radius 1 is 1.27 bits per heavy atom. The van der Waals surface area contributed by atoms with Crippen LogP contribution in [0, 0.1) is 0 Å². The SMILES string of the molecule is Nc1ccc(-n2cc(CCO)nn2)cc1. The fourth-order valence-electron chi connectivity index (χ4n) is 1.28. The lowest BCUT2D eigenvalue weighted by atomic mass is 10.3. The predicted molar refractivity (Wildman–Crippen MR) is 56.6 cm³/mol. The Hall–Kier alpha value is -1.88. The van der Waals surface area contributed by atoms with Crippen LogP contribution in [0.1, 0.15) is 5.69 Å². The van der Waals surface area contributed by atoms with Gasteiger partial charge in [-0.3, -0.25) is 0 Å². The molecule has 15 heavy (non-hydrogen) atoms. The first-order valence-corrected chi connectivity index (χ1v) is 4.67. The van der Waals surface area contributed by atoms with E-state index in [2.05, 4.69) is 10.3 Å². The van der Waals surface area contributed by atoms with Gasteiger partial charge in [-0.15, -0.1) is 5.10 Å². The molecular formula is C10H12N4O. The van der Waals surface area contributed by atoms with E-state index in [9.17, 15) is 0 Å². The highest BCUT2D eigenvalue weighted by Crippen LogP contribution is 2.09. The number of hydrogen-bond acceptors (Lipinski definition) is 4. The zero-order valence-corrected chi connectivity index (χ0v) is 8.17. The quantitative estimate of drug-likeness (QED) is 0.709. The lowest BCUT2D eigenvalue weighted by Gasteiger charge is -1.99. The van der Waals surface area contributed by atoms with E-state index in [1.165, 1.54) is 0 Å². The molecule has 0 bridgehead atoms. The molecule has 0 aliphatic rings. The first-order chi connectivity index (χ1) is 7.29. The highest BCUT2D eigenvalue weighted by Gasteiger charge is 2.01. The Balaban J connectivity index is 2.25. The number of aliphatic hydroxyl groups is 1. The molecule has 5 heteroatoms. The smallest absolute Gasteiger partial charge is 0.0854 e. The minimum Gasteiger partial charge on any atom is -0.399 e. The van der Waals surface area contributed by atoms with Gasteiger partial charge in [0.25, 0.3) is 0 Å². The van der Waals surface area contributed by atoms with Gasteiger partial charge in [0.1, 0.15) is 0 Å². The fraction of sp³-hybridized carbons (Fsp3) is 0.200. The summed E-state index contributed by atoms with van der Waals surface area (Å²) >= 11 is 0. The Morgan fingerprint density at radius 2 is 2.00 bits per heavy atom. The van der Waals surface area contributed by atoms with Crippen LogP contribution in [0.25, 0.3) is 5.69 Å². The number of anilines is 1. The fourth-order valence-corrected chi connectivity index (χ4v) is 1.28. The lowest BCUT2D eigenvalue weighted by molar-refractivity contribution is 0.298. The van der Waals surface area contributed by atoms with E-state index < -0.39 is 0 Å². The van der Waals surface area contributed by atoms with Crippen molar-refractivity contribution in [1.82, 2.24) is 15.0 Å². The number of nitrogens with zero attached hydrogens (tertiary/aromatic N) is 3. The van der Waals surface area contributed by atoms with Crippen LogP contribution in [0.4, 0.5) is 5.69 Å². The van der Waals surface area contributed by atoms with Crippen LogP contribution in [0.15, 0.2) is 30.5 Å². The largest absolute Gasteiger partial charge is 0.399 e. The van der Waals surface area contributed by atoms with Crippen LogP contribution in [-0.4, -0.2) is 26.7 Å².